The van der Waals surface area contributed by atoms with Gasteiger partial charge in [-0.3, -0.25) is 0 Å². The Bertz CT molecular complexity index is 737. The minimum absolute atomic E-state index is 0.502. The first-order chi connectivity index (χ1) is 10.2. The third-order valence-corrected chi connectivity index (χ3v) is 4.00. The van der Waals surface area contributed by atoms with Crippen LogP contribution < -0.4 is 5.73 Å². The van der Waals surface area contributed by atoms with E-state index in [1.54, 1.807) is 11.8 Å². The van der Waals surface area contributed by atoms with Crippen LogP contribution in [0.25, 0.3) is 11.5 Å². The number of anilines is 1. The first-order valence-electron chi connectivity index (χ1n) is 6.59. The fourth-order valence-electron chi connectivity index (χ4n) is 1.88. The van der Waals surface area contributed by atoms with Crippen molar-refractivity contribution in [1.29, 1.82) is 0 Å². The smallest absolute Gasteiger partial charge is 0.258 e. The van der Waals surface area contributed by atoms with Crippen LogP contribution in [0.3, 0.4) is 0 Å². The summed E-state index contributed by atoms with van der Waals surface area (Å²) in [5, 5.41) is 4.01. The normalized spacial score (nSPS) is 10.7. The van der Waals surface area contributed by atoms with Crippen LogP contribution in [0.4, 0.5) is 5.69 Å². The Morgan fingerprint density at radius 1 is 1.14 bits per heavy atom. The Hall–Kier alpha value is -2.27. The summed E-state index contributed by atoms with van der Waals surface area (Å²) < 4.78 is 5.28. The Labute approximate surface area is 127 Å². The van der Waals surface area contributed by atoms with Gasteiger partial charge in [0, 0.05) is 16.1 Å². The van der Waals surface area contributed by atoms with E-state index in [4.69, 9.17) is 10.3 Å². The van der Waals surface area contributed by atoms with E-state index in [-0.39, 0.29) is 0 Å². The maximum Gasteiger partial charge on any atom is 0.258 e. The molecule has 0 saturated heterocycles. The van der Waals surface area contributed by atoms with Gasteiger partial charge in [-0.15, -0.1) is 11.8 Å². The second-order valence-electron chi connectivity index (χ2n) is 4.74. The fourth-order valence-corrected chi connectivity index (χ4v) is 2.63. The standard InChI is InChI=1S/C16H15N3OS/c1-11-5-7-14(8-6-11)21-10-15-18-16(20-19-15)12-3-2-4-13(17)9-12/h2-9H,10,17H2,1H3. The predicted molar refractivity (Wildman–Crippen MR) is 84.9 cm³/mol. The summed E-state index contributed by atoms with van der Waals surface area (Å²) in [6, 6.07) is 15.8. The number of aromatic nitrogens is 2. The molecule has 4 nitrogen and oxygen atoms in total. The first kappa shape index (κ1) is 13.7. The molecular weight excluding hydrogens is 282 g/mol. The van der Waals surface area contributed by atoms with Crippen molar-refractivity contribution in [2.24, 2.45) is 0 Å². The van der Waals surface area contributed by atoms with Crippen LogP contribution in [0.2, 0.25) is 0 Å². The summed E-state index contributed by atoms with van der Waals surface area (Å²) in [6.07, 6.45) is 0. The van der Waals surface area contributed by atoms with Crippen LogP contribution >= 0.6 is 11.8 Å². The van der Waals surface area contributed by atoms with Gasteiger partial charge >= 0.3 is 0 Å². The van der Waals surface area contributed by atoms with Crippen molar-refractivity contribution in [3.8, 4) is 11.5 Å². The topological polar surface area (TPSA) is 64.9 Å². The molecule has 0 atom stereocenters. The monoisotopic (exact) mass is 297 g/mol. The van der Waals surface area contributed by atoms with Gasteiger partial charge in [-0.05, 0) is 37.3 Å². The van der Waals surface area contributed by atoms with E-state index in [9.17, 15) is 0 Å². The van der Waals surface area contributed by atoms with Gasteiger partial charge in [-0.25, -0.2) is 0 Å². The Kier molecular flexibility index (Phi) is 3.92. The van der Waals surface area contributed by atoms with Crippen LogP contribution in [0.1, 0.15) is 11.4 Å². The van der Waals surface area contributed by atoms with E-state index in [1.165, 1.54) is 10.5 Å². The highest BCUT2D eigenvalue weighted by Gasteiger charge is 2.09. The third-order valence-electron chi connectivity index (χ3n) is 2.99. The van der Waals surface area contributed by atoms with E-state index < -0.39 is 0 Å². The Morgan fingerprint density at radius 2 is 1.95 bits per heavy atom. The zero-order valence-corrected chi connectivity index (χ0v) is 12.4. The minimum Gasteiger partial charge on any atom is -0.399 e. The van der Waals surface area contributed by atoms with Gasteiger partial charge in [-0.2, -0.15) is 4.98 Å². The van der Waals surface area contributed by atoms with Crippen molar-refractivity contribution in [3.05, 3.63) is 59.9 Å². The van der Waals surface area contributed by atoms with E-state index in [0.717, 1.165) is 5.56 Å². The van der Waals surface area contributed by atoms with Crippen molar-refractivity contribution >= 4 is 17.4 Å². The average molecular weight is 297 g/mol. The number of nitrogens with zero attached hydrogens (tertiary/aromatic N) is 2. The van der Waals surface area contributed by atoms with Gasteiger partial charge in [0.2, 0.25) is 0 Å². The molecule has 0 fully saturated rings. The summed E-state index contributed by atoms with van der Waals surface area (Å²) >= 11 is 1.68. The van der Waals surface area contributed by atoms with Crippen LogP contribution in [0.5, 0.6) is 0 Å². The summed E-state index contributed by atoms with van der Waals surface area (Å²) in [7, 11) is 0. The number of hydrogen-bond donors (Lipinski definition) is 1. The number of nitrogens with two attached hydrogens (primary N) is 1. The lowest BCUT2D eigenvalue weighted by Gasteiger charge is -1.98. The molecule has 0 bridgehead atoms. The molecule has 21 heavy (non-hydrogen) atoms. The molecule has 0 spiro atoms. The van der Waals surface area contributed by atoms with Gasteiger partial charge in [0.15, 0.2) is 5.82 Å². The molecule has 3 rings (SSSR count). The zero-order chi connectivity index (χ0) is 14.7. The Morgan fingerprint density at radius 3 is 2.71 bits per heavy atom. The molecule has 0 saturated carbocycles. The van der Waals surface area contributed by atoms with Crippen LogP contribution in [-0.4, -0.2) is 10.1 Å². The molecule has 106 valence electrons. The summed E-state index contributed by atoms with van der Waals surface area (Å²) in [5.41, 5.74) is 8.53. The summed E-state index contributed by atoms with van der Waals surface area (Å²) in [5.74, 6) is 1.86. The lowest BCUT2D eigenvalue weighted by molar-refractivity contribution is 0.425. The highest BCUT2D eigenvalue weighted by Crippen LogP contribution is 2.24. The lowest BCUT2D eigenvalue weighted by atomic mass is 10.2. The molecule has 5 heteroatoms. The van der Waals surface area contributed by atoms with Gasteiger partial charge < -0.3 is 10.3 Å². The largest absolute Gasteiger partial charge is 0.399 e. The van der Waals surface area contributed by atoms with E-state index in [2.05, 4.69) is 41.3 Å². The number of rotatable bonds is 4. The SMILES string of the molecule is Cc1ccc(SCc2noc(-c3cccc(N)c3)n2)cc1. The maximum absolute atomic E-state index is 5.76. The molecule has 0 aliphatic rings. The van der Waals surface area contributed by atoms with Crippen molar-refractivity contribution in [3.63, 3.8) is 0 Å². The number of benzene rings is 2. The van der Waals surface area contributed by atoms with Crippen molar-refractivity contribution < 1.29 is 4.52 Å². The number of nitrogen functional groups attached to an aromatic ring is 1. The average Bonchev–Trinajstić information content (AvgIpc) is 2.96. The van der Waals surface area contributed by atoms with E-state index in [0.29, 0.717) is 23.2 Å². The number of aryl methyl sites for hydroxylation is 1. The molecule has 1 aromatic heterocycles. The van der Waals surface area contributed by atoms with Crippen LogP contribution in [-0.2, 0) is 5.75 Å². The summed E-state index contributed by atoms with van der Waals surface area (Å²) in [4.78, 5) is 5.59. The number of thioether (sulfide) groups is 1. The van der Waals surface area contributed by atoms with Crippen molar-refractivity contribution in [2.75, 3.05) is 5.73 Å². The van der Waals surface area contributed by atoms with Crippen LogP contribution in [0.15, 0.2) is 57.9 Å². The molecule has 0 unspecified atom stereocenters. The van der Waals surface area contributed by atoms with Gasteiger partial charge in [0.05, 0.1) is 5.75 Å². The highest BCUT2D eigenvalue weighted by molar-refractivity contribution is 7.98. The molecule has 2 aromatic carbocycles. The molecule has 1 heterocycles. The molecule has 0 aliphatic carbocycles. The molecule has 2 N–H and O–H groups in total. The van der Waals surface area contributed by atoms with Gasteiger partial charge in [-0.1, -0.05) is 28.9 Å². The predicted octanol–water partition coefficient (Wildman–Crippen LogP) is 3.92. The molecule has 3 aromatic rings. The minimum atomic E-state index is 0.502. The molecule has 0 aliphatic heterocycles. The van der Waals surface area contributed by atoms with E-state index >= 15 is 0 Å². The molecular formula is C16H15N3OS. The number of hydrogen-bond acceptors (Lipinski definition) is 5. The molecule has 0 radical (unpaired) electrons. The Balaban J connectivity index is 1.69. The van der Waals surface area contributed by atoms with Crippen LogP contribution in [0, 0.1) is 6.92 Å². The zero-order valence-electron chi connectivity index (χ0n) is 11.6. The maximum atomic E-state index is 5.76. The second kappa shape index (κ2) is 6.01. The fraction of sp³-hybridized carbons (Fsp3) is 0.125. The third kappa shape index (κ3) is 3.44. The van der Waals surface area contributed by atoms with E-state index in [1.807, 2.05) is 24.3 Å². The van der Waals surface area contributed by atoms with Crippen molar-refractivity contribution in [2.45, 2.75) is 17.6 Å². The van der Waals surface area contributed by atoms with Crippen molar-refractivity contribution in [1.82, 2.24) is 10.1 Å². The quantitative estimate of drug-likeness (QED) is 0.584. The van der Waals surface area contributed by atoms with Gasteiger partial charge in [0.1, 0.15) is 0 Å². The molecule has 0 amide bonds. The summed E-state index contributed by atoms with van der Waals surface area (Å²) in [6.45, 7) is 2.07. The lowest BCUT2D eigenvalue weighted by Crippen LogP contribution is -1.86. The van der Waals surface area contributed by atoms with Gasteiger partial charge in [0.25, 0.3) is 5.89 Å². The highest BCUT2D eigenvalue weighted by atomic mass is 32.2. The second-order valence-corrected chi connectivity index (χ2v) is 5.79. The first-order valence-corrected chi connectivity index (χ1v) is 7.57.